The van der Waals surface area contributed by atoms with E-state index in [1.807, 2.05) is 12.3 Å². The van der Waals surface area contributed by atoms with Crippen LogP contribution in [-0.2, 0) is 4.79 Å². The molecule has 4 rings (SSSR count). The molecule has 0 aromatic carbocycles. The first kappa shape index (κ1) is 13.4. The van der Waals surface area contributed by atoms with E-state index in [1.54, 1.807) is 12.4 Å². The van der Waals surface area contributed by atoms with E-state index in [0.717, 1.165) is 50.0 Å². The first-order valence-electron chi connectivity index (χ1n) is 7.92. The Bertz CT molecular complexity index is 700. The number of aromatic nitrogens is 3. The van der Waals surface area contributed by atoms with E-state index in [9.17, 15) is 4.79 Å². The van der Waals surface area contributed by atoms with E-state index in [-0.39, 0.29) is 11.8 Å². The minimum atomic E-state index is 0.0758. The van der Waals surface area contributed by atoms with Crippen molar-refractivity contribution in [2.75, 3.05) is 18.0 Å². The van der Waals surface area contributed by atoms with Gasteiger partial charge in [-0.1, -0.05) is 0 Å². The van der Waals surface area contributed by atoms with Gasteiger partial charge in [0.1, 0.15) is 5.52 Å². The number of amides is 1. The lowest BCUT2D eigenvalue weighted by atomic mass is 9.96. The average Bonchev–Trinajstić information content (AvgIpc) is 3.38. The zero-order valence-corrected chi connectivity index (χ0v) is 12.4. The van der Waals surface area contributed by atoms with Crippen LogP contribution in [0.1, 0.15) is 25.7 Å². The van der Waals surface area contributed by atoms with E-state index < -0.39 is 0 Å². The van der Waals surface area contributed by atoms with Gasteiger partial charge in [0.2, 0.25) is 5.91 Å². The number of anilines is 1. The molecule has 1 aliphatic heterocycles. The zero-order chi connectivity index (χ0) is 14.9. The summed E-state index contributed by atoms with van der Waals surface area (Å²) in [5.74, 6) is 0.285. The van der Waals surface area contributed by atoms with Crippen molar-refractivity contribution in [3.63, 3.8) is 0 Å². The topological polar surface area (TPSA) is 71.0 Å². The van der Waals surface area contributed by atoms with Crippen LogP contribution >= 0.6 is 0 Å². The normalized spacial score (nSPS) is 21.8. The molecule has 2 aromatic rings. The Kier molecular flexibility index (Phi) is 3.36. The van der Waals surface area contributed by atoms with Gasteiger partial charge in [-0.25, -0.2) is 9.97 Å². The smallest absolute Gasteiger partial charge is 0.225 e. The monoisotopic (exact) mass is 297 g/mol. The third kappa shape index (κ3) is 2.73. The molecule has 2 aliphatic rings. The highest BCUT2D eigenvalue weighted by molar-refractivity contribution is 5.80. The third-order valence-electron chi connectivity index (χ3n) is 4.39. The van der Waals surface area contributed by atoms with Crippen LogP contribution in [0.2, 0.25) is 0 Å². The Balaban J connectivity index is 1.51. The molecule has 0 spiro atoms. The fourth-order valence-corrected chi connectivity index (χ4v) is 2.99. The van der Waals surface area contributed by atoms with Crippen molar-refractivity contribution in [3.8, 4) is 0 Å². The predicted octanol–water partition coefficient (Wildman–Crippen LogP) is 1.52. The van der Waals surface area contributed by atoms with E-state index >= 15 is 0 Å². The highest BCUT2D eigenvalue weighted by atomic mass is 16.2. The minimum absolute atomic E-state index is 0.0758. The lowest BCUT2D eigenvalue weighted by Gasteiger charge is -2.33. The molecule has 1 atom stereocenters. The molecule has 6 heteroatoms. The van der Waals surface area contributed by atoms with Crippen molar-refractivity contribution in [2.45, 2.75) is 31.7 Å². The summed E-state index contributed by atoms with van der Waals surface area (Å²) in [7, 11) is 0. The van der Waals surface area contributed by atoms with E-state index in [4.69, 9.17) is 0 Å². The first-order chi connectivity index (χ1) is 10.8. The molecule has 0 bridgehead atoms. The number of nitrogens with one attached hydrogen (secondary N) is 1. The van der Waals surface area contributed by atoms with Crippen molar-refractivity contribution in [3.05, 3.63) is 24.7 Å². The van der Waals surface area contributed by atoms with E-state index in [2.05, 4.69) is 25.2 Å². The largest absolute Gasteiger partial charge is 0.369 e. The maximum absolute atomic E-state index is 12.3. The molecule has 0 radical (unpaired) electrons. The maximum atomic E-state index is 12.3. The van der Waals surface area contributed by atoms with Gasteiger partial charge in [-0.2, -0.15) is 0 Å². The van der Waals surface area contributed by atoms with Crippen LogP contribution in [-0.4, -0.2) is 40.0 Å². The number of rotatable bonds is 3. The number of hydrogen-bond donors (Lipinski definition) is 1. The summed E-state index contributed by atoms with van der Waals surface area (Å²) >= 11 is 0. The second-order valence-corrected chi connectivity index (χ2v) is 6.16. The molecule has 114 valence electrons. The lowest BCUT2D eigenvalue weighted by molar-refractivity contribution is -0.125. The summed E-state index contributed by atoms with van der Waals surface area (Å²) in [4.78, 5) is 27.4. The first-order valence-corrected chi connectivity index (χ1v) is 7.92. The van der Waals surface area contributed by atoms with Crippen LogP contribution < -0.4 is 10.2 Å². The maximum Gasteiger partial charge on any atom is 0.225 e. The van der Waals surface area contributed by atoms with Crippen molar-refractivity contribution in [1.82, 2.24) is 20.3 Å². The van der Waals surface area contributed by atoms with Gasteiger partial charge in [-0.15, -0.1) is 0 Å². The van der Waals surface area contributed by atoms with Crippen molar-refractivity contribution in [2.24, 2.45) is 5.92 Å². The van der Waals surface area contributed by atoms with Gasteiger partial charge in [-0.3, -0.25) is 9.78 Å². The quantitative estimate of drug-likeness (QED) is 0.930. The van der Waals surface area contributed by atoms with Crippen LogP contribution in [0.5, 0.6) is 0 Å². The molecular weight excluding hydrogens is 278 g/mol. The Morgan fingerprint density at radius 1 is 1.18 bits per heavy atom. The fourth-order valence-electron chi connectivity index (χ4n) is 2.99. The number of carbonyl (C=O) groups excluding carboxylic acids is 1. The molecule has 2 aromatic heterocycles. The Hall–Kier alpha value is -2.24. The minimum Gasteiger partial charge on any atom is -0.369 e. The molecule has 1 unspecified atom stereocenters. The third-order valence-corrected chi connectivity index (χ3v) is 4.39. The van der Waals surface area contributed by atoms with Gasteiger partial charge < -0.3 is 10.2 Å². The summed E-state index contributed by atoms with van der Waals surface area (Å²) in [6.07, 6.45) is 9.42. The summed E-state index contributed by atoms with van der Waals surface area (Å²) in [5, 5.41) is 3.12. The standard InChI is InChI=1S/C16H19N5O/c22-16(20-12-3-4-12)11-2-1-7-21(10-11)13-8-14-15(19-9-13)18-6-5-17-14/h5-6,8-9,11-12H,1-4,7,10H2,(H,20,22). The molecule has 1 saturated heterocycles. The van der Waals surface area contributed by atoms with Crippen LogP contribution in [0.25, 0.3) is 11.2 Å². The van der Waals surface area contributed by atoms with E-state index in [1.165, 1.54) is 0 Å². The Labute approximate surface area is 129 Å². The van der Waals surface area contributed by atoms with Crippen LogP contribution in [0.3, 0.4) is 0 Å². The van der Waals surface area contributed by atoms with Crippen LogP contribution in [0.15, 0.2) is 24.7 Å². The van der Waals surface area contributed by atoms with Crippen LogP contribution in [0, 0.1) is 5.92 Å². The summed E-state index contributed by atoms with van der Waals surface area (Å²) in [6, 6.07) is 2.44. The molecule has 22 heavy (non-hydrogen) atoms. The van der Waals surface area contributed by atoms with Crippen molar-refractivity contribution < 1.29 is 4.79 Å². The van der Waals surface area contributed by atoms with E-state index in [0.29, 0.717) is 11.7 Å². The van der Waals surface area contributed by atoms with Gasteiger partial charge in [0.05, 0.1) is 17.8 Å². The fraction of sp³-hybridized carbons (Fsp3) is 0.500. The second kappa shape index (κ2) is 5.51. The zero-order valence-electron chi connectivity index (χ0n) is 12.4. The molecule has 2 fully saturated rings. The SMILES string of the molecule is O=C(NC1CC1)C1CCCN(c2cnc3nccnc3c2)C1. The van der Waals surface area contributed by atoms with Gasteiger partial charge in [0.15, 0.2) is 5.65 Å². The van der Waals surface area contributed by atoms with Gasteiger partial charge in [0.25, 0.3) is 0 Å². The summed E-state index contributed by atoms with van der Waals surface area (Å²) in [6.45, 7) is 1.71. The molecular formula is C16H19N5O. The molecule has 3 heterocycles. The number of fused-ring (bicyclic) bond motifs is 1. The number of nitrogens with zero attached hydrogens (tertiary/aromatic N) is 4. The second-order valence-electron chi connectivity index (χ2n) is 6.16. The highest BCUT2D eigenvalue weighted by Gasteiger charge is 2.30. The lowest BCUT2D eigenvalue weighted by Crippen LogP contribution is -2.43. The molecule has 1 N–H and O–H groups in total. The molecule has 1 amide bonds. The number of piperidine rings is 1. The number of hydrogen-bond acceptors (Lipinski definition) is 5. The summed E-state index contributed by atoms with van der Waals surface area (Å²) in [5.41, 5.74) is 2.48. The van der Waals surface area contributed by atoms with Gasteiger partial charge in [-0.05, 0) is 31.7 Å². The molecule has 6 nitrogen and oxygen atoms in total. The average molecular weight is 297 g/mol. The Morgan fingerprint density at radius 2 is 2.05 bits per heavy atom. The predicted molar refractivity (Wildman–Crippen MR) is 83.4 cm³/mol. The van der Waals surface area contributed by atoms with Crippen LogP contribution in [0.4, 0.5) is 5.69 Å². The molecule has 1 aliphatic carbocycles. The van der Waals surface area contributed by atoms with Crippen molar-refractivity contribution >= 4 is 22.8 Å². The Morgan fingerprint density at radius 3 is 2.91 bits per heavy atom. The summed E-state index contributed by atoms with van der Waals surface area (Å²) < 4.78 is 0. The van der Waals surface area contributed by atoms with Crippen molar-refractivity contribution in [1.29, 1.82) is 0 Å². The van der Waals surface area contributed by atoms with Gasteiger partial charge >= 0.3 is 0 Å². The molecule has 1 saturated carbocycles. The number of pyridine rings is 1. The number of carbonyl (C=O) groups is 1. The highest BCUT2D eigenvalue weighted by Crippen LogP contribution is 2.26. The van der Waals surface area contributed by atoms with Gasteiger partial charge in [0, 0.05) is 31.5 Å².